The second kappa shape index (κ2) is 8.19. The summed E-state index contributed by atoms with van der Waals surface area (Å²) >= 11 is 0. The van der Waals surface area contributed by atoms with Gasteiger partial charge in [0.25, 0.3) is 0 Å². The lowest BCUT2D eigenvalue weighted by Gasteiger charge is -2.14. The largest absolute Gasteiger partial charge is 0.488 e. The maximum Gasteiger partial charge on any atom is 0.307 e. The molecule has 0 amide bonds. The van der Waals surface area contributed by atoms with Crippen LogP contribution in [0, 0.1) is 0 Å². The number of carboxylic acid groups (broad SMARTS) is 1. The molecule has 1 aromatic rings. The molecule has 0 atom stereocenters. The average molecular weight is 351 g/mol. The van der Waals surface area contributed by atoms with Gasteiger partial charge in [-0.3, -0.25) is 4.79 Å². The van der Waals surface area contributed by atoms with Gasteiger partial charge in [0.2, 0.25) is 0 Å². The van der Waals surface area contributed by atoms with Crippen molar-refractivity contribution in [2.75, 3.05) is 27.2 Å². The molecule has 4 nitrogen and oxygen atoms in total. The molecular weight excluding hydrogens is 326 g/mol. The molecule has 26 heavy (non-hydrogen) atoms. The predicted octanol–water partition coefficient (Wildman–Crippen LogP) is 3.85. The van der Waals surface area contributed by atoms with Crippen molar-refractivity contribution >= 4 is 11.5 Å². The zero-order valence-electron chi connectivity index (χ0n) is 15.4. The molecule has 136 valence electrons. The van der Waals surface area contributed by atoms with Crippen LogP contribution in [0.25, 0.3) is 5.57 Å². The second-order valence-corrected chi connectivity index (χ2v) is 6.87. The molecule has 2 aliphatic rings. The minimum absolute atomic E-state index is 0.0138. The van der Waals surface area contributed by atoms with Gasteiger partial charge in [-0.25, -0.2) is 0 Å². The molecule has 0 spiro atoms. The number of hydrogen-bond acceptors (Lipinski definition) is 3. The van der Waals surface area contributed by atoms with Crippen LogP contribution in [-0.4, -0.2) is 43.2 Å². The monoisotopic (exact) mass is 351 g/mol. The summed E-state index contributed by atoms with van der Waals surface area (Å²) in [6.45, 7) is 1.49. The van der Waals surface area contributed by atoms with Crippen molar-refractivity contribution in [2.24, 2.45) is 0 Å². The van der Waals surface area contributed by atoms with Gasteiger partial charge in [-0.15, -0.1) is 0 Å². The third-order valence-electron chi connectivity index (χ3n) is 4.53. The first-order valence-corrected chi connectivity index (χ1v) is 8.94. The Morgan fingerprint density at radius 2 is 2.19 bits per heavy atom. The van der Waals surface area contributed by atoms with Gasteiger partial charge in [-0.05, 0) is 61.4 Å². The minimum atomic E-state index is -0.824. The van der Waals surface area contributed by atoms with Gasteiger partial charge in [-0.1, -0.05) is 36.4 Å². The van der Waals surface area contributed by atoms with E-state index in [0.717, 1.165) is 41.8 Å². The second-order valence-electron chi connectivity index (χ2n) is 6.87. The van der Waals surface area contributed by atoms with Crippen LogP contribution in [0.3, 0.4) is 0 Å². The standard InChI is InChI=1S/C22H25NO3/c1-23(2)12-6-9-19-18-8-5-3-4-7-17(18)15-26-21-11-10-16(13-20(19)21)14-22(24)25/h3,5,7-11,13H,4,6,12,14-15H2,1-2H3,(H,24,25)/b19-9-. The Labute approximate surface area is 154 Å². The van der Waals surface area contributed by atoms with Gasteiger partial charge in [-0.2, -0.15) is 0 Å². The van der Waals surface area contributed by atoms with E-state index in [4.69, 9.17) is 9.84 Å². The van der Waals surface area contributed by atoms with Crippen LogP contribution in [0.1, 0.15) is 24.0 Å². The number of rotatable bonds is 5. The maximum atomic E-state index is 11.1. The molecule has 1 heterocycles. The molecule has 4 heteroatoms. The van der Waals surface area contributed by atoms with Gasteiger partial charge in [0.05, 0.1) is 6.42 Å². The normalized spacial score (nSPS) is 17.6. The highest BCUT2D eigenvalue weighted by molar-refractivity contribution is 5.88. The van der Waals surface area contributed by atoms with Crippen LogP contribution < -0.4 is 4.74 Å². The molecule has 1 aromatic carbocycles. The molecule has 0 saturated heterocycles. The predicted molar refractivity (Wildman–Crippen MR) is 104 cm³/mol. The van der Waals surface area contributed by atoms with E-state index >= 15 is 0 Å². The molecule has 3 rings (SSSR count). The summed E-state index contributed by atoms with van der Waals surface area (Å²) in [5, 5.41) is 9.14. The number of fused-ring (bicyclic) bond motifs is 2. The van der Waals surface area contributed by atoms with E-state index in [-0.39, 0.29) is 6.42 Å². The lowest BCUT2D eigenvalue weighted by molar-refractivity contribution is -0.136. The van der Waals surface area contributed by atoms with Crippen molar-refractivity contribution in [3.05, 3.63) is 70.9 Å². The summed E-state index contributed by atoms with van der Waals surface area (Å²) in [4.78, 5) is 13.3. The maximum absolute atomic E-state index is 11.1. The molecule has 0 bridgehead atoms. The van der Waals surface area contributed by atoms with E-state index in [0.29, 0.717) is 6.61 Å². The quantitative estimate of drug-likeness (QED) is 0.875. The molecule has 0 unspecified atom stereocenters. The fourth-order valence-corrected chi connectivity index (χ4v) is 3.26. The molecule has 1 aliphatic heterocycles. The van der Waals surface area contributed by atoms with E-state index < -0.39 is 5.97 Å². The molecule has 0 saturated carbocycles. The fourth-order valence-electron chi connectivity index (χ4n) is 3.26. The summed E-state index contributed by atoms with van der Waals surface area (Å²) in [5.41, 5.74) is 5.25. The third-order valence-corrected chi connectivity index (χ3v) is 4.53. The van der Waals surface area contributed by atoms with Crippen molar-refractivity contribution in [1.29, 1.82) is 0 Å². The van der Waals surface area contributed by atoms with Crippen molar-refractivity contribution < 1.29 is 14.6 Å². The smallest absolute Gasteiger partial charge is 0.307 e. The summed E-state index contributed by atoms with van der Waals surface area (Å²) in [7, 11) is 4.12. The molecule has 0 aromatic heterocycles. The van der Waals surface area contributed by atoms with Gasteiger partial charge >= 0.3 is 5.97 Å². The Morgan fingerprint density at radius 1 is 1.35 bits per heavy atom. The lowest BCUT2D eigenvalue weighted by atomic mass is 9.90. The highest BCUT2D eigenvalue weighted by atomic mass is 16.5. The number of benzene rings is 1. The van der Waals surface area contributed by atoms with Crippen molar-refractivity contribution in [3.8, 4) is 5.75 Å². The number of hydrogen-bond donors (Lipinski definition) is 1. The Kier molecular flexibility index (Phi) is 5.74. The van der Waals surface area contributed by atoms with Crippen molar-refractivity contribution in [3.63, 3.8) is 0 Å². The zero-order valence-corrected chi connectivity index (χ0v) is 15.4. The van der Waals surface area contributed by atoms with Crippen molar-refractivity contribution in [1.82, 2.24) is 4.90 Å². The SMILES string of the molecule is CN(C)CC/C=C1/C2=CC=CCC=C2COc2ccc(CC(=O)O)cc21. The first-order valence-electron chi connectivity index (χ1n) is 8.94. The highest BCUT2D eigenvalue weighted by Gasteiger charge is 2.22. The Hall–Kier alpha value is -2.59. The third kappa shape index (κ3) is 4.33. The Bertz CT molecular complexity index is 813. The summed E-state index contributed by atoms with van der Waals surface area (Å²) in [6, 6.07) is 5.70. The average Bonchev–Trinajstić information content (AvgIpc) is 2.88. The number of carbonyl (C=O) groups is 1. The summed E-state index contributed by atoms with van der Waals surface area (Å²) in [6.07, 6.45) is 12.6. The highest BCUT2D eigenvalue weighted by Crippen LogP contribution is 2.39. The van der Waals surface area contributed by atoms with Crippen LogP contribution in [-0.2, 0) is 11.2 Å². The van der Waals surface area contributed by atoms with Gasteiger partial charge in [0, 0.05) is 12.1 Å². The van der Waals surface area contributed by atoms with Gasteiger partial charge in [0.15, 0.2) is 0 Å². The minimum Gasteiger partial charge on any atom is -0.488 e. The van der Waals surface area contributed by atoms with Crippen LogP contribution in [0.5, 0.6) is 5.75 Å². The molecular formula is C22H25NO3. The van der Waals surface area contributed by atoms with E-state index in [1.54, 1.807) is 0 Å². The number of carboxylic acids is 1. The van der Waals surface area contributed by atoms with Gasteiger partial charge < -0.3 is 14.7 Å². The first-order chi connectivity index (χ1) is 12.5. The number of nitrogens with zero attached hydrogens (tertiary/aromatic N) is 1. The van der Waals surface area contributed by atoms with Crippen LogP contribution in [0.4, 0.5) is 0 Å². The van der Waals surface area contributed by atoms with E-state index in [1.807, 2.05) is 18.2 Å². The van der Waals surface area contributed by atoms with E-state index in [2.05, 4.69) is 49.4 Å². The topological polar surface area (TPSA) is 49.8 Å². The number of aliphatic carboxylic acids is 1. The Balaban J connectivity index is 2.08. The fraction of sp³-hybridized carbons (Fsp3) is 0.318. The number of ether oxygens (including phenoxy) is 1. The van der Waals surface area contributed by atoms with Crippen molar-refractivity contribution in [2.45, 2.75) is 19.3 Å². The van der Waals surface area contributed by atoms with Gasteiger partial charge in [0.1, 0.15) is 12.4 Å². The lowest BCUT2D eigenvalue weighted by Crippen LogP contribution is -2.12. The summed E-state index contributed by atoms with van der Waals surface area (Å²) < 4.78 is 6.06. The van der Waals surface area contributed by atoms with E-state index in [9.17, 15) is 4.79 Å². The number of allylic oxidation sites excluding steroid dienone is 5. The molecule has 0 radical (unpaired) electrons. The molecule has 0 fully saturated rings. The first kappa shape index (κ1) is 18.2. The van der Waals surface area contributed by atoms with E-state index in [1.165, 1.54) is 11.1 Å². The zero-order chi connectivity index (χ0) is 18.5. The molecule has 1 aliphatic carbocycles. The molecule has 1 N–H and O–H groups in total. The van der Waals surface area contributed by atoms with Crippen LogP contribution in [0.15, 0.2) is 59.7 Å². The summed E-state index contributed by atoms with van der Waals surface area (Å²) in [5.74, 6) is -0.0103. The van der Waals surface area contributed by atoms with Crippen LogP contribution in [0.2, 0.25) is 0 Å². The van der Waals surface area contributed by atoms with Crippen LogP contribution >= 0.6 is 0 Å². The Morgan fingerprint density at radius 3 is 2.96 bits per heavy atom.